The molecule has 1 atom stereocenters. The molecule has 0 bridgehead atoms. The lowest BCUT2D eigenvalue weighted by Crippen LogP contribution is -2.32. The summed E-state index contributed by atoms with van der Waals surface area (Å²) in [6, 6.07) is 1.99. The first-order valence-electron chi connectivity index (χ1n) is 4.60. The Morgan fingerprint density at radius 3 is 2.87 bits per heavy atom. The zero-order valence-electron chi connectivity index (χ0n) is 8.98. The third kappa shape index (κ3) is 2.13. The van der Waals surface area contributed by atoms with Crippen molar-refractivity contribution in [1.82, 2.24) is 14.8 Å². The van der Waals surface area contributed by atoms with Gasteiger partial charge in [0.25, 0.3) is 0 Å². The zero-order chi connectivity index (χ0) is 11.5. The van der Waals surface area contributed by atoms with E-state index in [4.69, 9.17) is 5.26 Å². The maximum absolute atomic E-state index is 11.7. The van der Waals surface area contributed by atoms with Gasteiger partial charge in [-0.2, -0.15) is 15.3 Å². The van der Waals surface area contributed by atoms with Crippen LogP contribution in [0.5, 0.6) is 0 Å². The highest BCUT2D eigenvalue weighted by atomic mass is 16.2. The summed E-state index contributed by atoms with van der Waals surface area (Å²) in [6.07, 6.45) is 1.79. The van der Waals surface area contributed by atoms with E-state index in [-0.39, 0.29) is 5.91 Å². The number of nitriles is 1. The van der Waals surface area contributed by atoms with E-state index in [2.05, 4.69) is 15.4 Å². The summed E-state index contributed by atoms with van der Waals surface area (Å²) < 4.78 is 1.44. The molecular weight excluding hydrogens is 194 g/mol. The van der Waals surface area contributed by atoms with E-state index in [0.717, 1.165) is 0 Å². The lowest BCUT2D eigenvalue weighted by molar-refractivity contribution is -0.122. The van der Waals surface area contributed by atoms with Gasteiger partial charge in [-0.1, -0.05) is 6.92 Å². The van der Waals surface area contributed by atoms with Crippen LogP contribution in [0, 0.1) is 16.7 Å². The summed E-state index contributed by atoms with van der Waals surface area (Å²) >= 11 is 0. The number of aryl methyl sites for hydroxylation is 1. The van der Waals surface area contributed by atoms with Crippen LogP contribution in [0.25, 0.3) is 0 Å². The minimum atomic E-state index is -1.02. The van der Waals surface area contributed by atoms with Crippen molar-refractivity contribution in [2.24, 2.45) is 12.5 Å². The monoisotopic (exact) mass is 207 g/mol. The van der Waals surface area contributed by atoms with Crippen molar-refractivity contribution in [3.8, 4) is 6.07 Å². The number of anilines is 1. The fraction of sp³-hybridized carbons (Fsp3) is 0.556. The van der Waals surface area contributed by atoms with Crippen LogP contribution < -0.4 is 5.32 Å². The Hall–Kier alpha value is -1.90. The van der Waals surface area contributed by atoms with Gasteiger partial charge in [-0.15, -0.1) is 0 Å². The highest BCUT2D eigenvalue weighted by Crippen LogP contribution is 2.21. The summed E-state index contributed by atoms with van der Waals surface area (Å²) in [5.74, 6) is -0.0153. The second-order valence-electron chi connectivity index (χ2n) is 3.46. The summed E-state index contributed by atoms with van der Waals surface area (Å²) in [7, 11) is 1.66. The number of hydrogen-bond acceptors (Lipinski definition) is 4. The molecule has 1 heterocycles. The number of hydrogen-bond donors (Lipinski definition) is 1. The van der Waals surface area contributed by atoms with Crippen LogP contribution in [-0.2, 0) is 11.8 Å². The van der Waals surface area contributed by atoms with Crippen LogP contribution in [-0.4, -0.2) is 20.7 Å². The SMILES string of the molecule is CCC(C)(C#N)C(=O)Nc1ncnn1C. The predicted octanol–water partition coefficient (Wildman–Crippen LogP) is 0.693. The number of nitrogens with zero attached hydrogens (tertiary/aromatic N) is 4. The summed E-state index contributed by atoms with van der Waals surface area (Å²) in [4.78, 5) is 15.6. The van der Waals surface area contributed by atoms with Gasteiger partial charge >= 0.3 is 0 Å². The Balaban J connectivity index is 2.81. The third-order valence-electron chi connectivity index (χ3n) is 2.39. The molecule has 0 aliphatic heterocycles. The number of carbonyl (C=O) groups is 1. The smallest absolute Gasteiger partial charge is 0.246 e. The van der Waals surface area contributed by atoms with Crippen molar-refractivity contribution in [3.63, 3.8) is 0 Å². The molecule has 80 valence electrons. The molecule has 1 N–H and O–H groups in total. The first-order valence-corrected chi connectivity index (χ1v) is 4.60. The van der Waals surface area contributed by atoms with Crippen LogP contribution in [0.2, 0.25) is 0 Å². The van der Waals surface area contributed by atoms with Gasteiger partial charge in [-0.25, -0.2) is 4.68 Å². The molecule has 6 nitrogen and oxygen atoms in total. The van der Waals surface area contributed by atoms with Crippen LogP contribution in [0.1, 0.15) is 20.3 Å². The molecule has 1 rings (SSSR count). The number of nitrogens with one attached hydrogen (secondary N) is 1. The average Bonchev–Trinajstić information content (AvgIpc) is 2.63. The molecule has 0 aliphatic carbocycles. The van der Waals surface area contributed by atoms with Crippen LogP contribution in [0.4, 0.5) is 5.95 Å². The molecule has 0 spiro atoms. The van der Waals surface area contributed by atoms with Crippen molar-refractivity contribution in [2.45, 2.75) is 20.3 Å². The molecule has 0 aromatic carbocycles. The number of rotatable bonds is 3. The van der Waals surface area contributed by atoms with E-state index < -0.39 is 5.41 Å². The number of amides is 1. The predicted molar refractivity (Wildman–Crippen MR) is 53.6 cm³/mol. The van der Waals surface area contributed by atoms with Gasteiger partial charge in [0, 0.05) is 7.05 Å². The number of carbonyl (C=O) groups excluding carboxylic acids is 1. The van der Waals surface area contributed by atoms with E-state index in [9.17, 15) is 4.79 Å². The largest absolute Gasteiger partial charge is 0.293 e. The fourth-order valence-corrected chi connectivity index (χ4v) is 0.939. The lowest BCUT2D eigenvalue weighted by Gasteiger charge is -2.17. The van der Waals surface area contributed by atoms with Crippen molar-refractivity contribution in [1.29, 1.82) is 5.26 Å². The maximum Gasteiger partial charge on any atom is 0.246 e. The van der Waals surface area contributed by atoms with Crippen molar-refractivity contribution in [3.05, 3.63) is 6.33 Å². The summed E-state index contributed by atoms with van der Waals surface area (Å²) in [5, 5.41) is 15.3. The Labute approximate surface area is 87.9 Å². The highest BCUT2D eigenvalue weighted by Gasteiger charge is 2.31. The van der Waals surface area contributed by atoms with Crippen molar-refractivity contribution >= 4 is 11.9 Å². The average molecular weight is 207 g/mol. The molecule has 6 heteroatoms. The highest BCUT2D eigenvalue weighted by molar-refractivity contribution is 5.95. The topological polar surface area (TPSA) is 83.6 Å². The van der Waals surface area contributed by atoms with Gasteiger partial charge in [0.15, 0.2) is 0 Å². The van der Waals surface area contributed by atoms with Crippen molar-refractivity contribution in [2.75, 3.05) is 5.32 Å². The molecule has 0 radical (unpaired) electrons. The molecule has 1 aromatic heterocycles. The van der Waals surface area contributed by atoms with Crippen LogP contribution in [0.3, 0.4) is 0 Å². The number of aromatic nitrogens is 3. The Morgan fingerprint density at radius 2 is 2.47 bits per heavy atom. The maximum atomic E-state index is 11.7. The minimum absolute atomic E-state index is 0.343. The van der Waals surface area contributed by atoms with E-state index in [1.54, 1.807) is 20.9 Å². The molecule has 1 aromatic rings. The van der Waals surface area contributed by atoms with Gasteiger partial charge in [-0.05, 0) is 13.3 Å². The lowest BCUT2D eigenvalue weighted by atomic mass is 9.88. The third-order valence-corrected chi connectivity index (χ3v) is 2.39. The summed E-state index contributed by atoms with van der Waals surface area (Å²) in [5.41, 5.74) is -1.02. The molecule has 0 fully saturated rings. The molecule has 0 aliphatic rings. The fourth-order valence-electron chi connectivity index (χ4n) is 0.939. The van der Waals surface area contributed by atoms with Gasteiger partial charge in [0.2, 0.25) is 11.9 Å². The normalized spacial score (nSPS) is 14.0. The van der Waals surface area contributed by atoms with E-state index in [0.29, 0.717) is 12.4 Å². The Bertz CT molecular complexity index is 405. The second kappa shape index (κ2) is 4.09. The first-order chi connectivity index (χ1) is 7.03. The Morgan fingerprint density at radius 1 is 1.80 bits per heavy atom. The van der Waals surface area contributed by atoms with E-state index >= 15 is 0 Å². The van der Waals surface area contributed by atoms with E-state index in [1.165, 1.54) is 11.0 Å². The van der Waals surface area contributed by atoms with Gasteiger partial charge in [0.05, 0.1) is 6.07 Å². The minimum Gasteiger partial charge on any atom is -0.293 e. The first kappa shape index (κ1) is 11.2. The van der Waals surface area contributed by atoms with E-state index in [1.807, 2.05) is 6.07 Å². The molecule has 1 amide bonds. The molecule has 0 saturated carbocycles. The van der Waals surface area contributed by atoms with Gasteiger partial charge < -0.3 is 0 Å². The second-order valence-corrected chi connectivity index (χ2v) is 3.46. The zero-order valence-corrected chi connectivity index (χ0v) is 8.98. The van der Waals surface area contributed by atoms with Crippen LogP contribution in [0.15, 0.2) is 6.33 Å². The standard InChI is InChI=1S/C9H13N5O/c1-4-9(2,5-10)7(15)13-8-11-6-12-14(8)3/h6H,4H2,1-3H3,(H,11,12,13,15). The molecule has 0 saturated heterocycles. The Kier molecular flexibility index (Phi) is 3.04. The quantitative estimate of drug-likeness (QED) is 0.790. The van der Waals surface area contributed by atoms with Crippen molar-refractivity contribution < 1.29 is 4.79 Å². The van der Waals surface area contributed by atoms with Gasteiger partial charge in [0.1, 0.15) is 11.7 Å². The molecule has 15 heavy (non-hydrogen) atoms. The van der Waals surface area contributed by atoms with Gasteiger partial charge in [-0.3, -0.25) is 10.1 Å². The van der Waals surface area contributed by atoms with Crippen LogP contribution >= 0.6 is 0 Å². The molecule has 1 unspecified atom stereocenters. The summed E-state index contributed by atoms with van der Waals surface area (Å²) in [6.45, 7) is 3.39. The molecular formula is C9H13N5O.